The van der Waals surface area contributed by atoms with Gasteiger partial charge in [-0.1, -0.05) is 24.6 Å². The third-order valence-electron chi connectivity index (χ3n) is 2.72. The minimum Gasteiger partial charge on any atom is -0.308 e. The van der Waals surface area contributed by atoms with Gasteiger partial charge in [0.1, 0.15) is 11.6 Å². The Bertz CT molecular complexity index is 517. The van der Waals surface area contributed by atoms with E-state index in [4.69, 9.17) is 5.84 Å². The summed E-state index contributed by atoms with van der Waals surface area (Å²) in [6, 6.07) is 10.3. The molecule has 4 nitrogen and oxygen atoms in total. The van der Waals surface area contributed by atoms with Gasteiger partial charge in [-0.2, -0.15) is 0 Å². The number of aromatic nitrogens is 2. The van der Waals surface area contributed by atoms with Crippen molar-refractivity contribution >= 4 is 17.6 Å². The Morgan fingerprint density at radius 2 is 1.95 bits per heavy atom. The number of benzene rings is 1. The van der Waals surface area contributed by atoms with E-state index in [9.17, 15) is 0 Å². The highest BCUT2D eigenvalue weighted by atomic mass is 32.2. The molecular formula is C14H18N4S. The van der Waals surface area contributed by atoms with E-state index in [0.717, 1.165) is 23.7 Å². The Kier molecular flexibility index (Phi) is 4.76. The van der Waals surface area contributed by atoms with Crippen LogP contribution in [0, 0.1) is 6.92 Å². The second-order valence-electron chi connectivity index (χ2n) is 4.26. The first kappa shape index (κ1) is 13.8. The fourth-order valence-corrected chi connectivity index (χ4v) is 2.41. The number of nitrogens with zero attached hydrogens (tertiary/aromatic N) is 2. The molecule has 0 radical (unpaired) electrons. The van der Waals surface area contributed by atoms with Gasteiger partial charge in [-0.25, -0.2) is 15.8 Å². The predicted molar refractivity (Wildman–Crippen MR) is 80.0 cm³/mol. The van der Waals surface area contributed by atoms with E-state index in [0.29, 0.717) is 5.82 Å². The number of aryl methyl sites for hydroxylation is 2. The maximum atomic E-state index is 5.42. The van der Waals surface area contributed by atoms with Gasteiger partial charge in [-0.15, -0.1) is 11.8 Å². The molecule has 100 valence electrons. The summed E-state index contributed by atoms with van der Waals surface area (Å²) >= 11 is 1.73. The molecule has 0 aliphatic rings. The summed E-state index contributed by atoms with van der Waals surface area (Å²) < 4.78 is 0. The van der Waals surface area contributed by atoms with Gasteiger partial charge in [0.25, 0.3) is 0 Å². The van der Waals surface area contributed by atoms with E-state index >= 15 is 0 Å². The van der Waals surface area contributed by atoms with Crippen molar-refractivity contribution in [1.82, 2.24) is 9.97 Å². The number of anilines is 1. The fraction of sp³-hybridized carbons (Fsp3) is 0.286. The van der Waals surface area contributed by atoms with Crippen LogP contribution in [0.2, 0.25) is 0 Å². The van der Waals surface area contributed by atoms with Gasteiger partial charge in [0.05, 0.1) is 5.75 Å². The third kappa shape index (κ3) is 3.94. The van der Waals surface area contributed by atoms with E-state index in [1.807, 2.05) is 6.07 Å². The summed E-state index contributed by atoms with van der Waals surface area (Å²) in [7, 11) is 0. The first-order valence-electron chi connectivity index (χ1n) is 6.24. The molecule has 0 unspecified atom stereocenters. The molecule has 5 heteroatoms. The topological polar surface area (TPSA) is 63.8 Å². The minimum absolute atomic E-state index is 0.673. The number of nitrogens with two attached hydrogens (primary N) is 1. The number of thioether (sulfide) groups is 1. The van der Waals surface area contributed by atoms with E-state index in [-0.39, 0.29) is 0 Å². The van der Waals surface area contributed by atoms with Crippen molar-refractivity contribution < 1.29 is 0 Å². The first-order chi connectivity index (χ1) is 9.21. The van der Waals surface area contributed by atoms with Gasteiger partial charge in [-0.3, -0.25) is 0 Å². The Hall–Kier alpha value is -1.59. The summed E-state index contributed by atoms with van der Waals surface area (Å²) in [5.74, 6) is 7.64. The lowest BCUT2D eigenvalue weighted by atomic mass is 10.2. The molecule has 0 amide bonds. The SMILES string of the molecule is CCc1cc(NN)nc(CSc2ccc(C)cc2)n1. The molecule has 0 saturated carbocycles. The number of hydrazine groups is 1. The fourth-order valence-electron chi connectivity index (χ4n) is 1.65. The van der Waals surface area contributed by atoms with E-state index in [1.54, 1.807) is 11.8 Å². The van der Waals surface area contributed by atoms with Crippen LogP contribution in [0.15, 0.2) is 35.2 Å². The van der Waals surface area contributed by atoms with E-state index < -0.39 is 0 Å². The van der Waals surface area contributed by atoms with Crippen LogP contribution in [0.4, 0.5) is 5.82 Å². The maximum Gasteiger partial charge on any atom is 0.143 e. The lowest BCUT2D eigenvalue weighted by Crippen LogP contribution is -2.11. The third-order valence-corrected chi connectivity index (χ3v) is 3.73. The zero-order valence-electron chi connectivity index (χ0n) is 11.2. The monoisotopic (exact) mass is 274 g/mol. The highest BCUT2D eigenvalue weighted by molar-refractivity contribution is 7.98. The smallest absolute Gasteiger partial charge is 0.143 e. The highest BCUT2D eigenvalue weighted by Gasteiger charge is 2.04. The average Bonchev–Trinajstić information content (AvgIpc) is 2.46. The Morgan fingerprint density at radius 1 is 1.21 bits per heavy atom. The Balaban J connectivity index is 2.08. The average molecular weight is 274 g/mol. The summed E-state index contributed by atoms with van der Waals surface area (Å²) in [5, 5.41) is 0. The van der Waals surface area contributed by atoms with Gasteiger partial charge < -0.3 is 5.43 Å². The van der Waals surface area contributed by atoms with E-state index in [1.165, 1.54) is 10.5 Å². The van der Waals surface area contributed by atoms with Crippen molar-refractivity contribution in [1.29, 1.82) is 0 Å². The molecule has 0 bridgehead atoms. The van der Waals surface area contributed by atoms with Crippen LogP contribution in [0.1, 0.15) is 24.0 Å². The lowest BCUT2D eigenvalue weighted by Gasteiger charge is -2.06. The Labute approximate surface area is 117 Å². The van der Waals surface area contributed by atoms with Gasteiger partial charge in [-0.05, 0) is 25.5 Å². The molecule has 0 atom stereocenters. The van der Waals surface area contributed by atoms with Crippen molar-refractivity contribution in [3.05, 3.63) is 47.4 Å². The number of nitrogens with one attached hydrogen (secondary N) is 1. The van der Waals surface area contributed by atoms with Gasteiger partial charge in [0, 0.05) is 16.7 Å². The number of hydrogen-bond acceptors (Lipinski definition) is 5. The number of nitrogen functional groups attached to an aromatic ring is 1. The van der Waals surface area contributed by atoms with Crippen LogP contribution in [0.5, 0.6) is 0 Å². The van der Waals surface area contributed by atoms with Crippen LogP contribution >= 0.6 is 11.8 Å². The van der Waals surface area contributed by atoms with Crippen molar-refractivity contribution in [3.63, 3.8) is 0 Å². The molecule has 0 aliphatic heterocycles. The van der Waals surface area contributed by atoms with Crippen LogP contribution in [-0.2, 0) is 12.2 Å². The molecule has 2 aromatic rings. The van der Waals surface area contributed by atoms with Crippen LogP contribution in [0.25, 0.3) is 0 Å². The molecular weight excluding hydrogens is 256 g/mol. The van der Waals surface area contributed by atoms with Crippen LogP contribution in [0.3, 0.4) is 0 Å². The molecule has 0 aliphatic carbocycles. The molecule has 0 spiro atoms. The Morgan fingerprint density at radius 3 is 2.58 bits per heavy atom. The molecule has 1 aromatic heterocycles. The molecule has 2 rings (SSSR count). The van der Waals surface area contributed by atoms with Gasteiger partial charge in [0.15, 0.2) is 0 Å². The molecule has 0 saturated heterocycles. The van der Waals surface area contributed by atoms with E-state index in [2.05, 4.69) is 53.5 Å². The second kappa shape index (κ2) is 6.54. The number of hydrogen-bond donors (Lipinski definition) is 2. The zero-order chi connectivity index (χ0) is 13.7. The van der Waals surface area contributed by atoms with Crippen molar-refractivity contribution in [3.8, 4) is 0 Å². The highest BCUT2D eigenvalue weighted by Crippen LogP contribution is 2.22. The zero-order valence-corrected chi connectivity index (χ0v) is 12.0. The lowest BCUT2D eigenvalue weighted by molar-refractivity contribution is 0.938. The minimum atomic E-state index is 0.673. The normalized spacial score (nSPS) is 10.5. The standard InChI is InChI=1S/C14H18N4S/c1-3-11-8-13(18-15)17-14(16-11)9-19-12-6-4-10(2)5-7-12/h4-8H,3,9,15H2,1-2H3,(H,16,17,18). The second-order valence-corrected chi connectivity index (χ2v) is 5.31. The molecule has 1 aromatic carbocycles. The first-order valence-corrected chi connectivity index (χ1v) is 7.22. The predicted octanol–water partition coefficient (Wildman–Crippen LogP) is 2.93. The largest absolute Gasteiger partial charge is 0.308 e. The van der Waals surface area contributed by atoms with Crippen LogP contribution in [-0.4, -0.2) is 9.97 Å². The summed E-state index contributed by atoms with van der Waals surface area (Å²) in [4.78, 5) is 10.1. The summed E-state index contributed by atoms with van der Waals surface area (Å²) in [5.41, 5.74) is 4.86. The van der Waals surface area contributed by atoms with Gasteiger partial charge >= 0.3 is 0 Å². The van der Waals surface area contributed by atoms with Crippen molar-refractivity contribution in [2.75, 3.05) is 5.43 Å². The quantitative estimate of drug-likeness (QED) is 0.498. The molecule has 1 heterocycles. The number of rotatable bonds is 5. The van der Waals surface area contributed by atoms with Crippen LogP contribution < -0.4 is 11.3 Å². The molecule has 3 N–H and O–H groups in total. The van der Waals surface area contributed by atoms with Crippen molar-refractivity contribution in [2.45, 2.75) is 30.9 Å². The maximum absolute atomic E-state index is 5.42. The van der Waals surface area contributed by atoms with Crippen molar-refractivity contribution in [2.24, 2.45) is 5.84 Å². The van der Waals surface area contributed by atoms with Gasteiger partial charge in [0.2, 0.25) is 0 Å². The summed E-state index contributed by atoms with van der Waals surface area (Å²) in [6.45, 7) is 4.15. The summed E-state index contributed by atoms with van der Waals surface area (Å²) in [6.07, 6.45) is 0.874. The molecule has 0 fully saturated rings. The molecule has 19 heavy (non-hydrogen) atoms.